The molecule has 1 unspecified atom stereocenters. The largest absolute Gasteiger partial charge is 0.378 e. The zero-order valence-electron chi connectivity index (χ0n) is 28.5. The molecule has 1 aliphatic carbocycles. The molecule has 0 spiro atoms. The van der Waals surface area contributed by atoms with Gasteiger partial charge in [0.2, 0.25) is 0 Å². The molecule has 0 bridgehead atoms. The number of hydrogen-bond donors (Lipinski definition) is 1. The molecule has 1 atom stereocenters. The van der Waals surface area contributed by atoms with E-state index >= 15 is 0 Å². The Hall–Kier alpha value is -4.17. The first kappa shape index (κ1) is 36.7. The average Bonchev–Trinajstić information content (AvgIpc) is 3.30. The molecular formula is C45H45NOZr-2. The maximum absolute atomic E-state index is 12.4. The van der Waals surface area contributed by atoms with Crippen molar-refractivity contribution in [3.05, 3.63) is 198 Å². The smallest absolute Gasteiger partial charge is 0.137 e. The van der Waals surface area contributed by atoms with Gasteiger partial charge in [-0.3, -0.25) is 0 Å². The Bertz CT molecular complexity index is 1860. The number of aliphatic hydroxyl groups is 1. The summed E-state index contributed by atoms with van der Waals surface area (Å²) in [5.74, 6) is 0.676. The maximum Gasteiger partial charge on any atom is 0.137 e. The van der Waals surface area contributed by atoms with E-state index in [9.17, 15) is 5.11 Å². The minimum absolute atomic E-state index is 0. The maximum atomic E-state index is 12.4. The van der Waals surface area contributed by atoms with E-state index in [0.29, 0.717) is 18.3 Å². The molecule has 6 aromatic rings. The molecule has 0 radical (unpaired) electrons. The van der Waals surface area contributed by atoms with Crippen LogP contribution in [0, 0.1) is 13.8 Å². The van der Waals surface area contributed by atoms with Crippen molar-refractivity contribution < 1.29 is 31.3 Å². The number of para-hydroxylation sites is 1. The van der Waals surface area contributed by atoms with Gasteiger partial charge in [-0.2, -0.15) is 49.2 Å². The van der Waals surface area contributed by atoms with Gasteiger partial charge in [0, 0.05) is 38.2 Å². The zero-order valence-corrected chi connectivity index (χ0v) is 31.0. The molecule has 0 aromatic heterocycles. The van der Waals surface area contributed by atoms with Crippen LogP contribution in [0.2, 0.25) is 0 Å². The van der Waals surface area contributed by atoms with Crippen LogP contribution in [0.5, 0.6) is 0 Å². The van der Waals surface area contributed by atoms with Gasteiger partial charge in [-0.1, -0.05) is 125 Å². The topological polar surface area (TPSA) is 32.6 Å². The zero-order chi connectivity index (χ0) is 33.4. The first-order chi connectivity index (χ1) is 22.7. The second-order valence-corrected chi connectivity index (χ2v) is 12.8. The van der Waals surface area contributed by atoms with E-state index in [-0.39, 0.29) is 26.2 Å². The molecule has 2 nitrogen and oxygen atoms in total. The van der Waals surface area contributed by atoms with Crippen molar-refractivity contribution in [2.24, 2.45) is 4.99 Å². The molecule has 0 amide bonds. The minimum Gasteiger partial charge on any atom is -0.378 e. The normalized spacial score (nSPS) is 15.4. The van der Waals surface area contributed by atoms with Crippen molar-refractivity contribution in [2.75, 3.05) is 0 Å². The molecule has 7 rings (SSSR count). The van der Waals surface area contributed by atoms with Crippen LogP contribution in [-0.2, 0) is 38.2 Å². The summed E-state index contributed by atoms with van der Waals surface area (Å²) in [5.41, 5.74) is 8.24. The van der Waals surface area contributed by atoms with Crippen LogP contribution in [0.3, 0.4) is 0 Å². The third-order valence-corrected chi connectivity index (χ3v) is 8.55. The summed E-state index contributed by atoms with van der Waals surface area (Å²) in [5, 5.41) is 14.7. The predicted molar refractivity (Wildman–Crippen MR) is 201 cm³/mol. The Labute approximate surface area is 306 Å². The van der Waals surface area contributed by atoms with Crippen LogP contribution in [0.15, 0.2) is 151 Å². The van der Waals surface area contributed by atoms with E-state index < -0.39 is 5.60 Å². The van der Waals surface area contributed by atoms with Gasteiger partial charge in [-0.05, 0) is 44.9 Å². The van der Waals surface area contributed by atoms with E-state index in [0.717, 1.165) is 50.0 Å². The van der Waals surface area contributed by atoms with Crippen LogP contribution in [-0.4, -0.2) is 10.8 Å². The third kappa shape index (κ3) is 8.45. The van der Waals surface area contributed by atoms with E-state index in [1.165, 1.54) is 11.1 Å². The van der Waals surface area contributed by atoms with Crippen LogP contribution < -0.4 is 0 Å². The van der Waals surface area contributed by atoms with E-state index in [2.05, 4.69) is 102 Å². The average molecular weight is 707 g/mol. The second kappa shape index (κ2) is 16.8. The molecule has 0 fully saturated rings. The van der Waals surface area contributed by atoms with Crippen LogP contribution in [0.1, 0.15) is 78.5 Å². The fraction of sp³-hybridized carbons (Fsp3) is 0.178. The Morgan fingerprint density at radius 1 is 0.583 bits per heavy atom. The number of aliphatic imine (C=N–C) groups is 1. The summed E-state index contributed by atoms with van der Waals surface area (Å²) in [6, 6.07) is 49.0. The molecule has 3 heteroatoms. The van der Waals surface area contributed by atoms with Crippen LogP contribution >= 0.6 is 0 Å². The Morgan fingerprint density at radius 3 is 1.50 bits per heavy atom. The Balaban J connectivity index is 0.000000286. The van der Waals surface area contributed by atoms with Crippen molar-refractivity contribution in [2.45, 2.75) is 51.6 Å². The van der Waals surface area contributed by atoms with Crippen molar-refractivity contribution in [1.29, 1.82) is 0 Å². The van der Waals surface area contributed by atoms with Crippen molar-refractivity contribution in [3.8, 4) is 0 Å². The number of hydrogen-bond acceptors (Lipinski definition) is 2. The fourth-order valence-electron chi connectivity index (χ4n) is 6.16. The molecule has 1 N–H and O–H groups in total. The molecule has 0 aliphatic heterocycles. The van der Waals surface area contributed by atoms with Crippen molar-refractivity contribution in [3.63, 3.8) is 0 Å². The number of nitrogens with zero attached hydrogens (tertiary/aromatic N) is 1. The summed E-state index contributed by atoms with van der Waals surface area (Å²) in [7, 11) is 0. The quantitative estimate of drug-likeness (QED) is 0.178. The Kier molecular flexibility index (Phi) is 12.8. The van der Waals surface area contributed by atoms with Gasteiger partial charge in [0.05, 0.1) is 11.4 Å². The molecule has 242 valence electrons. The number of benzene rings is 6. The third-order valence-electron chi connectivity index (χ3n) is 8.55. The first-order valence-electron chi connectivity index (χ1n) is 16.4. The molecule has 1 aliphatic rings. The summed E-state index contributed by atoms with van der Waals surface area (Å²) in [4.78, 5) is 5.36. The van der Waals surface area contributed by atoms with Gasteiger partial charge < -0.3 is 5.11 Å². The van der Waals surface area contributed by atoms with Gasteiger partial charge >= 0.3 is 0 Å². The van der Waals surface area contributed by atoms with Gasteiger partial charge in [0.25, 0.3) is 0 Å². The minimum atomic E-state index is -1.19. The van der Waals surface area contributed by atoms with Gasteiger partial charge in [-0.25, -0.2) is 4.99 Å². The molecule has 0 saturated heterocycles. The van der Waals surface area contributed by atoms with Crippen molar-refractivity contribution >= 4 is 22.2 Å². The predicted octanol–water partition coefficient (Wildman–Crippen LogP) is 11.4. The van der Waals surface area contributed by atoms with Crippen LogP contribution in [0.4, 0.5) is 5.69 Å². The summed E-state index contributed by atoms with van der Waals surface area (Å²) < 4.78 is 0. The molecule has 6 aromatic carbocycles. The summed E-state index contributed by atoms with van der Waals surface area (Å²) >= 11 is 0. The second-order valence-electron chi connectivity index (χ2n) is 12.8. The molecule has 0 heterocycles. The summed E-state index contributed by atoms with van der Waals surface area (Å²) in [6.45, 7) is 16.3. The van der Waals surface area contributed by atoms with Crippen molar-refractivity contribution in [1.82, 2.24) is 0 Å². The molecule has 48 heavy (non-hydrogen) atoms. The van der Waals surface area contributed by atoms with E-state index in [4.69, 9.17) is 4.99 Å². The van der Waals surface area contributed by atoms with Gasteiger partial charge in [-0.15, -0.1) is 24.3 Å². The van der Waals surface area contributed by atoms with E-state index in [1.54, 1.807) is 0 Å². The monoisotopic (exact) mass is 705 g/mol. The Morgan fingerprint density at radius 2 is 1.04 bits per heavy atom. The molecule has 0 saturated carbocycles. The molecular weight excluding hydrogens is 662 g/mol. The summed E-state index contributed by atoms with van der Waals surface area (Å²) in [6.07, 6.45) is 0.487. The first-order valence-corrected chi connectivity index (χ1v) is 16.4. The van der Waals surface area contributed by atoms with Crippen LogP contribution in [0.25, 0.3) is 10.8 Å². The standard InChI is InChI=1S/C31H31NO.2C7H7.Zr/c1-20(2)24-15-10-16-25(21(3)4)29(24)32-30-26-17-8-13-23-14-9-18-27(28(23)26)31(30,33)19-22-11-6-5-7-12-22;2*1-7-5-3-2-4-6-7;/h5-18,20-21,33H,19H2,1-4H3;2*2-6H,1H2;/q;2*-1;. The van der Waals surface area contributed by atoms with E-state index in [1.807, 2.05) is 84.9 Å². The fourth-order valence-corrected chi connectivity index (χ4v) is 6.16. The van der Waals surface area contributed by atoms with Gasteiger partial charge in [0.15, 0.2) is 0 Å². The van der Waals surface area contributed by atoms with Gasteiger partial charge in [0.1, 0.15) is 5.60 Å². The number of rotatable bonds is 5. The SMILES string of the molecule is CC(C)c1cccc(C(C)C)c1N=C1c2cccc3cccc(c23)C1(O)Cc1ccccc1.[CH2-]c1ccccc1.[CH2-]c1ccccc1.[Zr].